The van der Waals surface area contributed by atoms with Gasteiger partial charge < -0.3 is 14.8 Å². The first kappa shape index (κ1) is 16.4. The molecule has 1 heterocycles. The van der Waals surface area contributed by atoms with Gasteiger partial charge in [-0.3, -0.25) is 0 Å². The number of aromatic nitrogens is 1. The quantitative estimate of drug-likeness (QED) is 0.484. The number of nitrogens with one attached hydrogen (secondary N) is 1. The van der Waals surface area contributed by atoms with Gasteiger partial charge in [0.2, 0.25) is 5.88 Å². The summed E-state index contributed by atoms with van der Waals surface area (Å²) in [6.07, 6.45) is 1.76. The van der Waals surface area contributed by atoms with Crippen LogP contribution >= 0.6 is 22.6 Å². The zero-order valence-corrected chi connectivity index (χ0v) is 13.0. The highest BCUT2D eigenvalue weighted by molar-refractivity contribution is 14.1. The maximum absolute atomic E-state index is 5.58. The Bertz CT molecular complexity index is 286. The van der Waals surface area contributed by atoms with Gasteiger partial charge in [0.15, 0.2) is 0 Å². The second kappa shape index (κ2) is 10.6. The van der Waals surface area contributed by atoms with Gasteiger partial charge in [-0.1, -0.05) is 36.4 Å². The summed E-state index contributed by atoms with van der Waals surface area (Å²) in [7, 11) is 1.62. The van der Waals surface area contributed by atoms with Gasteiger partial charge in [0.25, 0.3) is 0 Å². The molecule has 0 amide bonds. The summed E-state index contributed by atoms with van der Waals surface area (Å²) in [4.78, 5) is 4.12. The molecule has 0 aromatic carbocycles. The van der Waals surface area contributed by atoms with Crippen molar-refractivity contribution in [1.82, 2.24) is 10.3 Å². The number of alkyl halides is 1. The predicted octanol–water partition coefficient (Wildman–Crippen LogP) is 3.11. The van der Waals surface area contributed by atoms with E-state index in [4.69, 9.17) is 9.47 Å². The SMILES string of the molecule is CC.COc1ccc(O[C@H](C)CNCI)nc1.[HH]. The second-order valence-corrected chi connectivity index (χ2v) is 3.82. The first-order valence-corrected chi connectivity index (χ1v) is 7.22. The Morgan fingerprint density at radius 2 is 2.18 bits per heavy atom. The lowest BCUT2D eigenvalue weighted by molar-refractivity contribution is 0.211. The maximum atomic E-state index is 5.58. The van der Waals surface area contributed by atoms with E-state index in [2.05, 4.69) is 32.9 Å². The van der Waals surface area contributed by atoms with Crippen molar-refractivity contribution in [1.29, 1.82) is 0 Å². The van der Waals surface area contributed by atoms with Crippen molar-refractivity contribution in [3.63, 3.8) is 0 Å². The minimum Gasteiger partial charge on any atom is -0.495 e. The molecule has 4 nitrogen and oxygen atoms in total. The van der Waals surface area contributed by atoms with Crippen molar-refractivity contribution in [2.75, 3.05) is 18.2 Å². The number of hydrogen-bond acceptors (Lipinski definition) is 4. The van der Waals surface area contributed by atoms with E-state index in [9.17, 15) is 0 Å². The minimum atomic E-state index is 0. The maximum Gasteiger partial charge on any atom is 0.213 e. The fourth-order valence-corrected chi connectivity index (χ4v) is 1.37. The van der Waals surface area contributed by atoms with Crippen LogP contribution in [0.3, 0.4) is 0 Å². The molecule has 0 fully saturated rings. The smallest absolute Gasteiger partial charge is 0.213 e. The molecular formula is C12H23IN2O2. The summed E-state index contributed by atoms with van der Waals surface area (Å²) in [6, 6.07) is 3.64. The van der Waals surface area contributed by atoms with Gasteiger partial charge in [-0.2, -0.15) is 0 Å². The van der Waals surface area contributed by atoms with Gasteiger partial charge in [0, 0.05) is 18.6 Å². The highest BCUT2D eigenvalue weighted by Gasteiger charge is 2.03. The molecule has 0 unspecified atom stereocenters. The lowest BCUT2D eigenvalue weighted by Gasteiger charge is -2.13. The van der Waals surface area contributed by atoms with Crippen LogP contribution < -0.4 is 14.8 Å². The minimum absolute atomic E-state index is 0. The number of halogens is 1. The lowest BCUT2D eigenvalue weighted by atomic mass is 10.4. The Hall–Kier alpha value is -0.560. The van der Waals surface area contributed by atoms with E-state index in [0.717, 1.165) is 16.8 Å². The van der Waals surface area contributed by atoms with Gasteiger partial charge >= 0.3 is 0 Å². The van der Waals surface area contributed by atoms with E-state index in [1.54, 1.807) is 19.4 Å². The van der Waals surface area contributed by atoms with Gasteiger partial charge in [-0.05, 0) is 13.0 Å². The molecule has 0 spiro atoms. The van der Waals surface area contributed by atoms with Gasteiger partial charge in [-0.15, -0.1) is 0 Å². The van der Waals surface area contributed by atoms with E-state index in [1.807, 2.05) is 26.8 Å². The summed E-state index contributed by atoms with van der Waals surface area (Å²) >= 11 is 2.26. The molecule has 0 radical (unpaired) electrons. The van der Waals surface area contributed by atoms with Gasteiger partial charge in [0.1, 0.15) is 11.9 Å². The molecule has 0 aliphatic carbocycles. The molecule has 0 saturated heterocycles. The predicted molar refractivity (Wildman–Crippen MR) is 81.2 cm³/mol. The number of methoxy groups -OCH3 is 1. The average Bonchev–Trinajstić information content (AvgIpc) is 2.39. The van der Waals surface area contributed by atoms with Crippen LogP contribution in [0.25, 0.3) is 0 Å². The molecule has 1 atom stereocenters. The van der Waals surface area contributed by atoms with Gasteiger partial charge in [-0.25, -0.2) is 4.98 Å². The summed E-state index contributed by atoms with van der Waals surface area (Å²) < 4.78 is 11.5. The summed E-state index contributed by atoms with van der Waals surface area (Å²) in [5.41, 5.74) is 0. The molecular weight excluding hydrogens is 331 g/mol. The summed E-state index contributed by atoms with van der Waals surface area (Å²) in [5.74, 6) is 1.36. The Kier molecular flexibility index (Phi) is 10.2. The number of rotatable bonds is 6. The third-order valence-corrected chi connectivity index (χ3v) is 2.33. The zero-order chi connectivity index (χ0) is 13.1. The van der Waals surface area contributed by atoms with Crippen molar-refractivity contribution >= 4 is 22.6 Å². The molecule has 100 valence electrons. The Balaban J connectivity index is 0. The molecule has 17 heavy (non-hydrogen) atoms. The van der Waals surface area contributed by atoms with Crippen LogP contribution in [-0.4, -0.2) is 29.3 Å². The van der Waals surface area contributed by atoms with Crippen LogP contribution in [0.1, 0.15) is 22.2 Å². The van der Waals surface area contributed by atoms with Crippen LogP contribution in [-0.2, 0) is 0 Å². The zero-order valence-electron chi connectivity index (χ0n) is 10.9. The van der Waals surface area contributed by atoms with Crippen molar-refractivity contribution in [3.05, 3.63) is 18.3 Å². The normalized spacial score (nSPS) is 11.1. The van der Waals surface area contributed by atoms with Crippen molar-refractivity contribution < 1.29 is 10.9 Å². The van der Waals surface area contributed by atoms with Gasteiger partial charge in [0.05, 0.1) is 13.3 Å². The fraction of sp³-hybridized carbons (Fsp3) is 0.583. The number of hydrogen-bond donors (Lipinski definition) is 1. The highest BCUT2D eigenvalue weighted by atomic mass is 127. The third-order valence-electron chi connectivity index (χ3n) is 1.79. The molecule has 0 aliphatic heterocycles. The third kappa shape index (κ3) is 7.38. The number of nitrogens with zero attached hydrogens (tertiary/aromatic N) is 1. The molecule has 0 aliphatic rings. The fourth-order valence-electron chi connectivity index (χ4n) is 1.06. The number of pyridine rings is 1. The van der Waals surface area contributed by atoms with Crippen molar-refractivity contribution in [2.45, 2.75) is 26.9 Å². The van der Waals surface area contributed by atoms with E-state index >= 15 is 0 Å². The average molecular weight is 354 g/mol. The largest absolute Gasteiger partial charge is 0.495 e. The second-order valence-electron chi connectivity index (χ2n) is 3.05. The van der Waals surface area contributed by atoms with E-state index < -0.39 is 0 Å². The monoisotopic (exact) mass is 354 g/mol. The molecule has 1 N–H and O–H groups in total. The molecule has 1 aromatic heterocycles. The van der Waals surface area contributed by atoms with E-state index in [0.29, 0.717) is 5.88 Å². The van der Waals surface area contributed by atoms with Crippen LogP contribution in [0.2, 0.25) is 0 Å². The van der Waals surface area contributed by atoms with Crippen LogP contribution in [0, 0.1) is 0 Å². The standard InChI is InChI=1S/C10H15IN2O2.C2H6.H2/c1-8(5-12-7-11)15-10-4-3-9(14-2)6-13-10;1-2;/h3-4,6,8,12H,5,7H2,1-2H3;1-2H3;1H/t8-;;/m1../s1. The van der Waals surface area contributed by atoms with Crippen LogP contribution in [0.4, 0.5) is 0 Å². The van der Waals surface area contributed by atoms with E-state index in [-0.39, 0.29) is 7.53 Å². The molecule has 0 saturated carbocycles. The Morgan fingerprint density at radius 1 is 1.47 bits per heavy atom. The molecule has 0 bridgehead atoms. The summed E-state index contributed by atoms with van der Waals surface area (Å²) in [5, 5.41) is 3.20. The Labute approximate surface area is 119 Å². The Morgan fingerprint density at radius 3 is 2.65 bits per heavy atom. The summed E-state index contributed by atoms with van der Waals surface area (Å²) in [6.45, 7) is 6.82. The molecule has 1 aromatic rings. The number of ether oxygens (including phenoxy) is 2. The highest BCUT2D eigenvalue weighted by Crippen LogP contribution is 2.13. The van der Waals surface area contributed by atoms with Crippen molar-refractivity contribution in [3.8, 4) is 11.6 Å². The van der Waals surface area contributed by atoms with Crippen LogP contribution in [0.5, 0.6) is 11.6 Å². The van der Waals surface area contributed by atoms with Crippen LogP contribution in [0.15, 0.2) is 18.3 Å². The molecule has 1 rings (SSSR count). The molecule has 5 heteroatoms. The van der Waals surface area contributed by atoms with E-state index in [1.165, 1.54) is 0 Å². The topological polar surface area (TPSA) is 43.4 Å². The lowest BCUT2D eigenvalue weighted by Crippen LogP contribution is -2.28. The first-order valence-electron chi connectivity index (χ1n) is 5.69. The van der Waals surface area contributed by atoms with Crippen molar-refractivity contribution in [2.24, 2.45) is 0 Å². The first-order chi connectivity index (χ1) is 8.26.